The fraction of sp³-hybridized carbons (Fsp3) is 0.818. The summed E-state index contributed by atoms with van der Waals surface area (Å²) in [5.74, 6) is 0. The van der Waals surface area contributed by atoms with E-state index in [1.807, 2.05) is 21.0 Å². The van der Waals surface area contributed by atoms with Crippen molar-refractivity contribution in [3.63, 3.8) is 0 Å². The van der Waals surface area contributed by atoms with Crippen molar-refractivity contribution in [2.75, 3.05) is 27.2 Å². The van der Waals surface area contributed by atoms with Crippen LogP contribution in [0.5, 0.6) is 0 Å². The van der Waals surface area contributed by atoms with Crippen LogP contribution in [-0.4, -0.2) is 60.1 Å². The van der Waals surface area contributed by atoms with E-state index >= 15 is 0 Å². The maximum absolute atomic E-state index is 9.80. The van der Waals surface area contributed by atoms with Crippen molar-refractivity contribution >= 4 is 0 Å². The Balaban J connectivity index is 4.82. The average molecular weight is 217 g/mol. The minimum absolute atomic E-state index is 0.123. The van der Waals surface area contributed by atoms with Crippen LogP contribution in [0.15, 0.2) is 12.7 Å². The molecule has 0 fully saturated rings. The second kappa shape index (κ2) is 6.23. The van der Waals surface area contributed by atoms with Gasteiger partial charge in [-0.05, 0) is 12.5 Å². The summed E-state index contributed by atoms with van der Waals surface area (Å²) in [6, 6.07) is -0.292. The number of rotatable bonds is 7. The van der Waals surface area contributed by atoms with Crippen molar-refractivity contribution in [3.05, 3.63) is 12.7 Å². The van der Waals surface area contributed by atoms with Crippen molar-refractivity contribution in [1.82, 2.24) is 0 Å². The number of hydrogen-bond acceptors (Lipinski definition) is 3. The molecule has 0 saturated carbocycles. The molecule has 0 aromatic carbocycles. The molecule has 0 aliphatic carbocycles. The van der Waals surface area contributed by atoms with Gasteiger partial charge in [-0.15, -0.1) is 0 Å². The molecule has 0 spiro atoms. The van der Waals surface area contributed by atoms with Gasteiger partial charge in [-0.25, -0.2) is 0 Å². The summed E-state index contributed by atoms with van der Waals surface area (Å²) in [6.45, 7) is 6.14. The zero-order valence-electron chi connectivity index (χ0n) is 10.1. The topological polar surface area (TPSA) is 66.5 Å². The number of nitrogens with two attached hydrogens (primary N) is 1. The maximum atomic E-state index is 9.80. The number of likely N-dealkylation sites (N-methyl/N-ethyl adjacent to an activating group) is 1. The normalized spacial score (nSPS) is 18.3. The SMILES string of the molecule is C=CC[N+](C)(C)C(C(N)CC)C(O)CO. The Kier molecular flexibility index (Phi) is 6.05. The predicted octanol–water partition coefficient (Wildman–Crippen LogP) is -0.292. The Morgan fingerprint density at radius 1 is 1.47 bits per heavy atom. The summed E-state index contributed by atoms with van der Waals surface area (Å²) in [5.41, 5.74) is 5.99. The molecule has 0 aliphatic rings. The van der Waals surface area contributed by atoms with Crippen molar-refractivity contribution in [2.45, 2.75) is 31.5 Å². The third-order valence-corrected chi connectivity index (χ3v) is 2.90. The van der Waals surface area contributed by atoms with E-state index in [2.05, 4.69) is 6.58 Å². The fourth-order valence-electron chi connectivity index (χ4n) is 2.07. The van der Waals surface area contributed by atoms with Gasteiger partial charge >= 0.3 is 0 Å². The van der Waals surface area contributed by atoms with E-state index in [9.17, 15) is 5.11 Å². The van der Waals surface area contributed by atoms with Crippen LogP contribution in [0.1, 0.15) is 13.3 Å². The van der Waals surface area contributed by atoms with Crippen LogP contribution in [0, 0.1) is 0 Å². The summed E-state index contributed by atoms with van der Waals surface area (Å²) >= 11 is 0. The molecule has 4 heteroatoms. The van der Waals surface area contributed by atoms with Crippen LogP contribution < -0.4 is 5.73 Å². The minimum Gasteiger partial charge on any atom is -0.393 e. The molecule has 0 aliphatic heterocycles. The van der Waals surface area contributed by atoms with Crippen LogP contribution in [0.3, 0.4) is 0 Å². The molecule has 4 N–H and O–H groups in total. The Hall–Kier alpha value is -0.420. The summed E-state index contributed by atoms with van der Waals surface area (Å²) in [4.78, 5) is 0. The highest BCUT2D eigenvalue weighted by atomic mass is 16.3. The molecule has 0 rings (SSSR count). The van der Waals surface area contributed by atoms with E-state index in [4.69, 9.17) is 10.8 Å². The van der Waals surface area contributed by atoms with Crippen LogP contribution in [0.4, 0.5) is 0 Å². The quantitative estimate of drug-likeness (QED) is 0.405. The highest BCUT2D eigenvalue weighted by Gasteiger charge is 2.37. The number of aliphatic hydroxyl groups is 2. The van der Waals surface area contributed by atoms with E-state index in [1.165, 1.54) is 0 Å². The van der Waals surface area contributed by atoms with E-state index in [-0.39, 0.29) is 18.7 Å². The largest absolute Gasteiger partial charge is 0.393 e. The molecule has 3 atom stereocenters. The zero-order chi connectivity index (χ0) is 12.1. The van der Waals surface area contributed by atoms with E-state index < -0.39 is 6.10 Å². The predicted molar refractivity (Wildman–Crippen MR) is 62.3 cm³/mol. The highest BCUT2D eigenvalue weighted by Crippen LogP contribution is 2.16. The van der Waals surface area contributed by atoms with E-state index in [1.54, 1.807) is 6.08 Å². The minimum atomic E-state index is -0.783. The molecule has 0 radical (unpaired) electrons. The fourth-order valence-corrected chi connectivity index (χ4v) is 2.07. The molecule has 0 aromatic heterocycles. The third-order valence-electron chi connectivity index (χ3n) is 2.90. The van der Waals surface area contributed by atoms with Gasteiger partial charge in [0.05, 0.1) is 33.3 Å². The van der Waals surface area contributed by atoms with Gasteiger partial charge in [0, 0.05) is 0 Å². The van der Waals surface area contributed by atoms with Crippen molar-refractivity contribution in [1.29, 1.82) is 0 Å². The summed E-state index contributed by atoms with van der Waals surface area (Å²) in [5, 5.41) is 18.8. The van der Waals surface area contributed by atoms with Gasteiger partial charge in [-0.1, -0.05) is 13.5 Å². The van der Waals surface area contributed by atoms with Gasteiger partial charge in [0.2, 0.25) is 0 Å². The first-order valence-corrected chi connectivity index (χ1v) is 5.38. The van der Waals surface area contributed by atoms with Gasteiger partial charge in [0.25, 0.3) is 0 Å². The molecule has 90 valence electrons. The van der Waals surface area contributed by atoms with Crippen molar-refractivity contribution in [2.24, 2.45) is 5.73 Å². The first-order chi connectivity index (χ1) is 6.90. The Bertz CT molecular complexity index is 185. The summed E-state index contributed by atoms with van der Waals surface area (Å²) < 4.78 is 0.542. The lowest BCUT2D eigenvalue weighted by molar-refractivity contribution is -0.914. The third kappa shape index (κ3) is 3.91. The van der Waals surface area contributed by atoms with Crippen molar-refractivity contribution in [3.8, 4) is 0 Å². The molecule has 0 heterocycles. The Morgan fingerprint density at radius 2 is 2.00 bits per heavy atom. The number of hydrogen-bond donors (Lipinski definition) is 3. The molecule has 0 bridgehead atoms. The molecule has 4 nitrogen and oxygen atoms in total. The van der Waals surface area contributed by atoms with Crippen LogP contribution in [0.2, 0.25) is 0 Å². The van der Waals surface area contributed by atoms with Crippen LogP contribution in [-0.2, 0) is 0 Å². The lowest BCUT2D eigenvalue weighted by Crippen LogP contribution is -2.63. The first-order valence-electron chi connectivity index (χ1n) is 5.38. The Labute approximate surface area is 92.6 Å². The molecule has 0 amide bonds. The standard InChI is InChI=1S/C11H25N2O2/c1-5-7-13(3,4)11(9(12)6-2)10(15)8-14/h5,9-11,14-15H,1,6-8,12H2,2-4H3/q+1. The lowest BCUT2D eigenvalue weighted by Gasteiger charge is -2.42. The molecule has 15 heavy (non-hydrogen) atoms. The van der Waals surface area contributed by atoms with Crippen LogP contribution >= 0.6 is 0 Å². The number of aliphatic hydroxyl groups excluding tert-OH is 2. The van der Waals surface area contributed by atoms with Gasteiger partial charge in [-0.3, -0.25) is 0 Å². The average Bonchev–Trinajstić information content (AvgIpc) is 2.16. The highest BCUT2D eigenvalue weighted by molar-refractivity contribution is 4.81. The van der Waals surface area contributed by atoms with Crippen molar-refractivity contribution < 1.29 is 14.7 Å². The molecule has 3 unspecified atom stereocenters. The smallest absolute Gasteiger partial charge is 0.133 e. The first kappa shape index (κ1) is 14.6. The number of quaternary nitrogens is 1. The second-order valence-electron chi connectivity index (χ2n) is 4.56. The Morgan fingerprint density at radius 3 is 2.33 bits per heavy atom. The molecular formula is C11H25N2O2+. The second-order valence-corrected chi connectivity index (χ2v) is 4.56. The zero-order valence-corrected chi connectivity index (χ0v) is 10.1. The summed E-state index contributed by atoms with van der Waals surface area (Å²) in [7, 11) is 3.97. The number of nitrogens with zero attached hydrogens (tertiary/aromatic N) is 1. The van der Waals surface area contributed by atoms with Gasteiger partial charge in [0.15, 0.2) is 0 Å². The van der Waals surface area contributed by atoms with Crippen LogP contribution in [0.25, 0.3) is 0 Å². The molecule has 0 saturated heterocycles. The maximum Gasteiger partial charge on any atom is 0.133 e. The molecular weight excluding hydrogens is 192 g/mol. The summed E-state index contributed by atoms with van der Waals surface area (Å²) in [6.07, 6.45) is 1.80. The van der Waals surface area contributed by atoms with Gasteiger partial charge < -0.3 is 20.4 Å². The van der Waals surface area contributed by atoms with E-state index in [0.717, 1.165) is 13.0 Å². The lowest BCUT2D eigenvalue weighted by atomic mass is 9.97. The molecule has 0 aromatic rings. The monoisotopic (exact) mass is 217 g/mol. The van der Waals surface area contributed by atoms with E-state index in [0.29, 0.717) is 4.48 Å². The van der Waals surface area contributed by atoms with Gasteiger partial charge in [-0.2, -0.15) is 0 Å². The van der Waals surface area contributed by atoms with Gasteiger partial charge in [0.1, 0.15) is 12.1 Å².